The number of nitrogens with zero attached hydrogens (tertiary/aromatic N) is 1. The number of benzene rings is 1. The van der Waals surface area contributed by atoms with Crippen molar-refractivity contribution in [2.24, 2.45) is 0 Å². The summed E-state index contributed by atoms with van der Waals surface area (Å²) in [4.78, 5) is 2.45. The fourth-order valence-electron chi connectivity index (χ4n) is 4.07. The van der Waals surface area contributed by atoms with E-state index in [4.69, 9.17) is 14.2 Å². The molecule has 2 aliphatic heterocycles. The van der Waals surface area contributed by atoms with E-state index in [9.17, 15) is 0 Å². The second kappa shape index (κ2) is 8.28. The van der Waals surface area contributed by atoms with Crippen LogP contribution in [0.25, 0.3) is 0 Å². The van der Waals surface area contributed by atoms with Crippen LogP contribution in [0.2, 0.25) is 0 Å². The van der Waals surface area contributed by atoms with Gasteiger partial charge in [-0.25, -0.2) is 0 Å². The summed E-state index contributed by atoms with van der Waals surface area (Å²) < 4.78 is 16.5. The van der Waals surface area contributed by atoms with Gasteiger partial charge in [0, 0.05) is 30.2 Å². The highest BCUT2D eigenvalue weighted by atomic mass is 35.5. The van der Waals surface area contributed by atoms with Crippen molar-refractivity contribution < 1.29 is 14.2 Å². The molecule has 2 aliphatic rings. The molecule has 1 aromatic rings. The van der Waals surface area contributed by atoms with Crippen LogP contribution < -0.4 is 19.5 Å². The summed E-state index contributed by atoms with van der Waals surface area (Å²) in [6.07, 6.45) is 5.13. The zero-order valence-electron chi connectivity index (χ0n) is 15.0. The van der Waals surface area contributed by atoms with Crippen molar-refractivity contribution in [3.8, 4) is 17.2 Å². The zero-order chi connectivity index (χ0) is 16.4. The largest absolute Gasteiger partial charge is 0.493 e. The third kappa shape index (κ3) is 3.73. The summed E-state index contributed by atoms with van der Waals surface area (Å²) in [5.74, 6) is 2.15. The van der Waals surface area contributed by atoms with Gasteiger partial charge in [0.1, 0.15) is 0 Å². The quantitative estimate of drug-likeness (QED) is 0.849. The first-order valence-corrected chi connectivity index (χ1v) is 8.40. The first kappa shape index (κ1) is 19.2. The molecule has 0 spiro atoms. The van der Waals surface area contributed by atoms with E-state index in [0.717, 1.165) is 17.9 Å². The minimum Gasteiger partial charge on any atom is -0.493 e. The lowest BCUT2D eigenvalue weighted by Gasteiger charge is -2.36. The lowest BCUT2D eigenvalue weighted by atomic mass is 9.98. The fraction of sp³-hybridized carbons (Fsp3) is 0.667. The Bertz CT molecular complexity index is 543. The molecular weight excluding hydrogens is 328 g/mol. The molecule has 2 fully saturated rings. The predicted octanol–water partition coefficient (Wildman–Crippen LogP) is 2.85. The van der Waals surface area contributed by atoms with Crippen LogP contribution in [0.1, 0.15) is 31.2 Å². The Hall–Kier alpha value is -1.17. The molecule has 0 saturated carbocycles. The maximum absolute atomic E-state index is 5.61. The van der Waals surface area contributed by atoms with E-state index in [-0.39, 0.29) is 12.4 Å². The monoisotopic (exact) mass is 356 g/mol. The summed E-state index contributed by atoms with van der Waals surface area (Å²) in [5, 5.41) is 3.71. The van der Waals surface area contributed by atoms with E-state index in [2.05, 4.69) is 23.3 Å². The normalized spacial score (nSPS) is 25.3. The molecule has 1 aromatic carbocycles. The molecule has 6 heteroatoms. The maximum Gasteiger partial charge on any atom is 0.203 e. The van der Waals surface area contributed by atoms with Gasteiger partial charge in [0.2, 0.25) is 5.75 Å². The third-order valence-corrected chi connectivity index (χ3v) is 5.28. The third-order valence-electron chi connectivity index (χ3n) is 5.28. The van der Waals surface area contributed by atoms with Crippen LogP contribution in [0.3, 0.4) is 0 Å². The summed E-state index contributed by atoms with van der Waals surface area (Å²) in [7, 11) is 7.20. The molecule has 0 aromatic heterocycles. The van der Waals surface area contributed by atoms with Crippen molar-refractivity contribution in [3.63, 3.8) is 0 Å². The Kier molecular flexibility index (Phi) is 6.61. The number of halogens is 1. The zero-order valence-corrected chi connectivity index (χ0v) is 15.8. The molecule has 2 saturated heterocycles. The molecule has 136 valence electrons. The van der Waals surface area contributed by atoms with E-state index in [1.54, 1.807) is 21.3 Å². The molecule has 2 unspecified atom stereocenters. The van der Waals surface area contributed by atoms with Gasteiger partial charge in [0.15, 0.2) is 11.5 Å². The van der Waals surface area contributed by atoms with Crippen LogP contribution in [-0.2, 0) is 6.54 Å². The molecule has 1 N–H and O–H groups in total. The number of piperidine rings is 1. The van der Waals surface area contributed by atoms with Crippen molar-refractivity contribution in [2.45, 2.75) is 50.4 Å². The lowest BCUT2D eigenvalue weighted by Crippen LogP contribution is -2.46. The second-order valence-electron chi connectivity index (χ2n) is 6.67. The molecule has 0 aliphatic carbocycles. The highest BCUT2D eigenvalue weighted by molar-refractivity contribution is 5.85. The molecule has 2 bridgehead atoms. The SMILES string of the molecule is COc1ccc(CN(C)C2CC3CCC(C2)N3)c(OC)c1OC.Cl. The number of rotatable bonds is 6. The number of fused-ring (bicyclic) bond motifs is 2. The van der Waals surface area contributed by atoms with Crippen LogP contribution in [0.5, 0.6) is 17.2 Å². The van der Waals surface area contributed by atoms with E-state index in [0.29, 0.717) is 29.6 Å². The standard InChI is InChI=1S/C18H28N2O3.ClH/c1-20(15-9-13-6-7-14(10-15)19-13)11-12-5-8-16(21-2)18(23-4)17(12)22-3;/h5,8,13-15,19H,6-7,9-11H2,1-4H3;1H. The molecule has 3 rings (SSSR count). The van der Waals surface area contributed by atoms with E-state index >= 15 is 0 Å². The van der Waals surface area contributed by atoms with Crippen molar-refractivity contribution >= 4 is 12.4 Å². The summed E-state index contributed by atoms with van der Waals surface area (Å²) in [6.45, 7) is 0.855. The number of ether oxygens (including phenoxy) is 3. The van der Waals surface area contributed by atoms with Gasteiger partial charge < -0.3 is 19.5 Å². The van der Waals surface area contributed by atoms with Crippen LogP contribution in [0.4, 0.5) is 0 Å². The van der Waals surface area contributed by atoms with Gasteiger partial charge in [-0.1, -0.05) is 6.07 Å². The Morgan fingerprint density at radius 2 is 1.62 bits per heavy atom. The van der Waals surface area contributed by atoms with Gasteiger partial charge in [-0.15, -0.1) is 12.4 Å². The fourth-order valence-corrected chi connectivity index (χ4v) is 4.07. The van der Waals surface area contributed by atoms with E-state index < -0.39 is 0 Å². The number of nitrogens with one attached hydrogen (secondary N) is 1. The average Bonchev–Trinajstić information content (AvgIpc) is 2.91. The number of hydrogen-bond acceptors (Lipinski definition) is 5. The van der Waals surface area contributed by atoms with Gasteiger partial charge in [0.05, 0.1) is 21.3 Å². The van der Waals surface area contributed by atoms with E-state index in [1.165, 1.54) is 25.7 Å². The van der Waals surface area contributed by atoms with Crippen LogP contribution >= 0.6 is 12.4 Å². The van der Waals surface area contributed by atoms with Gasteiger partial charge >= 0.3 is 0 Å². The van der Waals surface area contributed by atoms with Gasteiger partial charge in [0.25, 0.3) is 0 Å². The van der Waals surface area contributed by atoms with Crippen molar-refractivity contribution in [1.82, 2.24) is 10.2 Å². The molecule has 0 amide bonds. The maximum atomic E-state index is 5.61. The Morgan fingerprint density at radius 1 is 1.00 bits per heavy atom. The predicted molar refractivity (Wildman–Crippen MR) is 97.8 cm³/mol. The van der Waals surface area contributed by atoms with Crippen molar-refractivity contribution in [2.75, 3.05) is 28.4 Å². The summed E-state index contributed by atoms with van der Waals surface area (Å²) in [5.41, 5.74) is 1.14. The van der Waals surface area contributed by atoms with Gasteiger partial charge in [-0.2, -0.15) is 0 Å². The first-order valence-electron chi connectivity index (χ1n) is 8.40. The molecular formula is C18H29ClN2O3. The Balaban J connectivity index is 0.00000208. The first-order chi connectivity index (χ1) is 11.2. The molecule has 0 radical (unpaired) electrons. The highest BCUT2D eigenvalue weighted by Crippen LogP contribution is 2.40. The highest BCUT2D eigenvalue weighted by Gasteiger charge is 2.35. The van der Waals surface area contributed by atoms with Crippen LogP contribution in [0, 0.1) is 0 Å². The van der Waals surface area contributed by atoms with Crippen LogP contribution in [0.15, 0.2) is 12.1 Å². The topological polar surface area (TPSA) is 43.0 Å². The Morgan fingerprint density at radius 3 is 2.17 bits per heavy atom. The van der Waals surface area contributed by atoms with Gasteiger partial charge in [-0.05, 0) is 38.8 Å². The van der Waals surface area contributed by atoms with Gasteiger partial charge in [-0.3, -0.25) is 4.90 Å². The molecule has 5 nitrogen and oxygen atoms in total. The van der Waals surface area contributed by atoms with Crippen molar-refractivity contribution in [1.29, 1.82) is 0 Å². The average molecular weight is 357 g/mol. The number of methoxy groups -OCH3 is 3. The minimum atomic E-state index is 0. The lowest BCUT2D eigenvalue weighted by molar-refractivity contribution is 0.164. The van der Waals surface area contributed by atoms with E-state index in [1.807, 2.05) is 6.07 Å². The smallest absolute Gasteiger partial charge is 0.203 e. The Labute approximate surface area is 151 Å². The minimum absolute atomic E-state index is 0. The van der Waals surface area contributed by atoms with Crippen LogP contribution in [-0.4, -0.2) is 51.4 Å². The van der Waals surface area contributed by atoms with Crippen molar-refractivity contribution in [3.05, 3.63) is 17.7 Å². The summed E-state index contributed by atoms with van der Waals surface area (Å²) in [6, 6.07) is 6.07. The molecule has 2 atom stereocenters. The summed E-state index contributed by atoms with van der Waals surface area (Å²) >= 11 is 0. The molecule has 2 heterocycles. The molecule has 24 heavy (non-hydrogen) atoms. The second-order valence-corrected chi connectivity index (χ2v) is 6.67. The number of hydrogen-bond donors (Lipinski definition) is 1.